The summed E-state index contributed by atoms with van der Waals surface area (Å²) in [4.78, 5) is 40.3. The number of hydrogen-bond donors (Lipinski definition) is 4. The average molecular weight is 732 g/mol. The SMILES string of the molecule is Cc1cccc(C)c1OCC(=O)N[C@H](Cc1ccccc1)CC(O)[C@@H](Cc1ccccc1)NC(=O)C(CC(C)C)NC(=O)c1ccc(C(F)(F)F)cc1. The molecule has 4 aromatic rings. The van der Waals surface area contributed by atoms with E-state index in [1.165, 1.54) is 0 Å². The first-order chi connectivity index (χ1) is 25.2. The molecule has 4 atom stereocenters. The van der Waals surface area contributed by atoms with Crippen LogP contribution in [0.25, 0.3) is 0 Å². The molecule has 282 valence electrons. The van der Waals surface area contributed by atoms with Crippen molar-refractivity contribution < 1.29 is 37.4 Å². The summed E-state index contributed by atoms with van der Waals surface area (Å²) in [5.74, 6) is -1.02. The lowest BCUT2D eigenvalue weighted by molar-refractivity contribution is -0.137. The molecule has 11 heteroatoms. The lowest BCUT2D eigenvalue weighted by Crippen LogP contribution is -2.54. The van der Waals surface area contributed by atoms with E-state index in [1.807, 2.05) is 107 Å². The molecule has 0 radical (unpaired) electrons. The smallest absolute Gasteiger partial charge is 0.416 e. The third-order valence-electron chi connectivity index (χ3n) is 8.87. The highest BCUT2D eigenvalue weighted by atomic mass is 19.4. The minimum atomic E-state index is -4.55. The molecule has 4 aromatic carbocycles. The molecule has 4 rings (SSSR count). The highest BCUT2D eigenvalue weighted by molar-refractivity contribution is 5.97. The fraction of sp³-hybridized carbons (Fsp3) is 0.357. The number of aryl methyl sites for hydroxylation is 2. The second kappa shape index (κ2) is 19.1. The van der Waals surface area contributed by atoms with Crippen LogP contribution in [0.15, 0.2) is 103 Å². The number of amides is 3. The average Bonchev–Trinajstić information content (AvgIpc) is 3.11. The first-order valence-corrected chi connectivity index (χ1v) is 17.7. The van der Waals surface area contributed by atoms with Gasteiger partial charge in [0.1, 0.15) is 11.8 Å². The Morgan fingerprint density at radius 2 is 1.28 bits per heavy atom. The summed E-state index contributed by atoms with van der Waals surface area (Å²) in [5, 5.41) is 20.4. The Morgan fingerprint density at radius 3 is 1.83 bits per heavy atom. The number of carbonyl (C=O) groups is 3. The normalized spacial score (nSPS) is 13.8. The maximum atomic E-state index is 13.9. The lowest BCUT2D eigenvalue weighted by atomic mass is 9.93. The third-order valence-corrected chi connectivity index (χ3v) is 8.87. The van der Waals surface area contributed by atoms with Crippen molar-refractivity contribution in [3.8, 4) is 5.75 Å². The van der Waals surface area contributed by atoms with Gasteiger partial charge in [-0.2, -0.15) is 13.2 Å². The molecule has 0 bridgehead atoms. The van der Waals surface area contributed by atoms with Gasteiger partial charge in [-0.25, -0.2) is 0 Å². The van der Waals surface area contributed by atoms with Crippen LogP contribution in [0.5, 0.6) is 5.75 Å². The number of hydrogen-bond acceptors (Lipinski definition) is 5. The van der Waals surface area contributed by atoms with Crippen LogP contribution in [0.4, 0.5) is 13.2 Å². The van der Waals surface area contributed by atoms with Gasteiger partial charge in [0.25, 0.3) is 11.8 Å². The molecular weight excluding hydrogens is 683 g/mol. The van der Waals surface area contributed by atoms with Crippen LogP contribution < -0.4 is 20.7 Å². The summed E-state index contributed by atoms with van der Waals surface area (Å²) in [6, 6.07) is 25.9. The van der Waals surface area contributed by atoms with E-state index >= 15 is 0 Å². The van der Waals surface area contributed by atoms with Gasteiger partial charge in [-0.1, -0.05) is 92.7 Å². The molecule has 0 heterocycles. The summed E-state index contributed by atoms with van der Waals surface area (Å²) in [5.41, 5.74) is 2.67. The van der Waals surface area contributed by atoms with Gasteiger partial charge in [0.05, 0.1) is 17.7 Å². The van der Waals surface area contributed by atoms with Crippen LogP contribution >= 0.6 is 0 Å². The molecule has 53 heavy (non-hydrogen) atoms. The van der Waals surface area contributed by atoms with Crippen molar-refractivity contribution >= 4 is 17.7 Å². The molecule has 0 saturated heterocycles. The van der Waals surface area contributed by atoms with Crippen molar-refractivity contribution in [2.75, 3.05) is 6.61 Å². The lowest BCUT2D eigenvalue weighted by Gasteiger charge is -2.30. The zero-order valence-electron chi connectivity index (χ0n) is 30.5. The second-order valence-electron chi connectivity index (χ2n) is 13.8. The standard InChI is InChI=1S/C42H48F3N3O5/c1-27(2)22-36(48-40(51)32-18-20-33(21-19-32)42(43,44)45)41(52)47-35(24-31-16-9-6-10-17-31)37(49)25-34(23-30-14-7-5-8-15-30)46-38(50)26-53-39-28(3)12-11-13-29(39)4/h5-21,27,34-37,49H,22-26H2,1-4H3,(H,46,50)(H,47,52)(H,48,51)/t34-,35-,36?,37?/m1/s1. The van der Waals surface area contributed by atoms with Gasteiger partial charge in [-0.05, 0) is 92.0 Å². The van der Waals surface area contributed by atoms with E-state index in [0.29, 0.717) is 12.2 Å². The summed E-state index contributed by atoms with van der Waals surface area (Å²) in [6.07, 6.45) is -4.73. The largest absolute Gasteiger partial charge is 0.483 e. The number of para-hydroxylation sites is 1. The molecule has 0 aliphatic carbocycles. The Morgan fingerprint density at radius 1 is 0.717 bits per heavy atom. The first kappa shape index (κ1) is 40.6. The van der Waals surface area contributed by atoms with E-state index in [2.05, 4.69) is 16.0 Å². The van der Waals surface area contributed by atoms with Crippen LogP contribution in [0.3, 0.4) is 0 Å². The number of carbonyl (C=O) groups excluding carboxylic acids is 3. The Hall–Kier alpha value is -5.16. The molecule has 0 spiro atoms. The minimum Gasteiger partial charge on any atom is -0.483 e. The second-order valence-corrected chi connectivity index (χ2v) is 13.8. The maximum Gasteiger partial charge on any atom is 0.416 e. The van der Waals surface area contributed by atoms with Crippen molar-refractivity contribution in [1.29, 1.82) is 0 Å². The molecular formula is C42H48F3N3O5. The zero-order valence-corrected chi connectivity index (χ0v) is 30.5. The Labute approximate surface area is 309 Å². The van der Waals surface area contributed by atoms with Gasteiger partial charge in [0, 0.05) is 11.6 Å². The third kappa shape index (κ3) is 12.8. The maximum absolute atomic E-state index is 13.9. The summed E-state index contributed by atoms with van der Waals surface area (Å²) < 4.78 is 45.2. The number of aliphatic hydroxyl groups excluding tert-OH is 1. The monoisotopic (exact) mass is 731 g/mol. The van der Waals surface area contributed by atoms with E-state index in [-0.39, 0.29) is 43.3 Å². The number of aliphatic hydroxyl groups is 1. The number of ether oxygens (including phenoxy) is 1. The fourth-order valence-corrected chi connectivity index (χ4v) is 6.17. The number of rotatable bonds is 17. The molecule has 2 unspecified atom stereocenters. The van der Waals surface area contributed by atoms with Gasteiger partial charge in [-0.3, -0.25) is 14.4 Å². The van der Waals surface area contributed by atoms with Crippen LogP contribution in [0.1, 0.15) is 64.9 Å². The van der Waals surface area contributed by atoms with Crippen LogP contribution in [0.2, 0.25) is 0 Å². The predicted molar refractivity (Wildman–Crippen MR) is 198 cm³/mol. The van der Waals surface area contributed by atoms with Crippen molar-refractivity contribution in [3.63, 3.8) is 0 Å². The molecule has 0 fully saturated rings. The van der Waals surface area contributed by atoms with Crippen molar-refractivity contribution in [1.82, 2.24) is 16.0 Å². The zero-order chi connectivity index (χ0) is 38.5. The van der Waals surface area contributed by atoms with E-state index in [1.54, 1.807) is 0 Å². The van der Waals surface area contributed by atoms with Crippen LogP contribution in [-0.4, -0.2) is 53.7 Å². The molecule has 0 aromatic heterocycles. The molecule has 0 aliphatic rings. The first-order valence-electron chi connectivity index (χ1n) is 17.7. The Balaban J connectivity index is 1.53. The fourth-order valence-electron chi connectivity index (χ4n) is 6.17. The van der Waals surface area contributed by atoms with Gasteiger partial charge in [0.15, 0.2) is 6.61 Å². The van der Waals surface area contributed by atoms with Gasteiger partial charge in [-0.15, -0.1) is 0 Å². The number of halogens is 3. The summed E-state index contributed by atoms with van der Waals surface area (Å²) >= 11 is 0. The molecule has 0 saturated carbocycles. The van der Waals surface area contributed by atoms with E-state index in [4.69, 9.17) is 4.74 Å². The Bertz CT molecular complexity index is 1760. The summed E-state index contributed by atoms with van der Waals surface area (Å²) in [6.45, 7) is 7.33. The number of nitrogens with one attached hydrogen (secondary N) is 3. The molecule has 0 aliphatic heterocycles. The topological polar surface area (TPSA) is 117 Å². The highest BCUT2D eigenvalue weighted by Gasteiger charge is 2.32. The minimum absolute atomic E-state index is 0.0264. The highest BCUT2D eigenvalue weighted by Crippen LogP contribution is 2.29. The molecule has 8 nitrogen and oxygen atoms in total. The molecule has 3 amide bonds. The van der Waals surface area contributed by atoms with Crippen molar-refractivity contribution in [2.45, 2.75) is 83.8 Å². The van der Waals surface area contributed by atoms with Gasteiger partial charge < -0.3 is 25.8 Å². The van der Waals surface area contributed by atoms with Crippen LogP contribution in [-0.2, 0) is 28.6 Å². The van der Waals surface area contributed by atoms with E-state index in [9.17, 15) is 32.7 Å². The van der Waals surface area contributed by atoms with Crippen molar-refractivity contribution in [3.05, 3.63) is 137 Å². The number of benzene rings is 4. The number of alkyl halides is 3. The quantitative estimate of drug-likeness (QED) is 0.0960. The molecule has 4 N–H and O–H groups in total. The predicted octanol–water partition coefficient (Wildman–Crippen LogP) is 6.75. The summed E-state index contributed by atoms with van der Waals surface area (Å²) in [7, 11) is 0. The van der Waals surface area contributed by atoms with E-state index in [0.717, 1.165) is 46.5 Å². The van der Waals surface area contributed by atoms with Crippen LogP contribution in [0, 0.1) is 19.8 Å². The Kier molecular flexibility index (Phi) is 14.6. The van der Waals surface area contributed by atoms with Crippen molar-refractivity contribution in [2.24, 2.45) is 5.92 Å². The van der Waals surface area contributed by atoms with Gasteiger partial charge in [0.2, 0.25) is 5.91 Å². The van der Waals surface area contributed by atoms with Gasteiger partial charge >= 0.3 is 6.18 Å². The van der Waals surface area contributed by atoms with E-state index < -0.39 is 47.8 Å².